The molecule has 25 heavy (non-hydrogen) atoms. The number of nitrogens with zero attached hydrogens (tertiary/aromatic N) is 2. The Bertz CT molecular complexity index is 543. The number of guanidine groups is 1. The lowest BCUT2D eigenvalue weighted by Crippen LogP contribution is -2.38. The summed E-state index contributed by atoms with van der Waals surface area (Å²) in [5.41, 5.74) is 1.88. The van der Waals surface area contributed by atoms with E-state index in [-0.39, 0.29) is 29.9 Å². The number of carbonyl (C=O) groups excluding carboxylic acids is 1. The monoisotopic (exact) mass is 460 g/mol. The van der Waals surface area contributed by atoms with Crippen molar-refractivity contribution in [3.8, 4) is 0 Å². The number of hydrogen-bond donors (Lipinski definition) is 2. The number of halogens is 1. The highest BCUT2D eigenvalue weighted by Crippen LogP contribution is 2.13. The molecule has 0 spiro atoms. The molecule has 1 aromatic carbocycles. The predicted octanol–water partition coefficient (Wildman–Crippen LogP) is 2.24. The smallest absolute Gasteiger partial charge is 0.253 e. The minimum atomic E-state index is 0. The Morgan fingerprint density at radius 2 is 1.84 bits per heavy atom. The number of hydrogen-bond acceptors (Lipinski definition) is 3. The minimum absolute atomic E-state index is 0. The van der Waals surface area contributed by atoms with Gasteiger partial charge in [-0.1, -0.05) is 12.1 Å². The number of nitrogens with one attached hydrogen (secondary N) is 2. The molecule has 1 aliphatic rings. The molecule has 1 aliphatic heterocycles. The maximum atomic E-state index is 12.4. The average Bonchev–Trinajstić information content (AvgIpc) is 2.65. The maximum Gasteiger partial charge on any atom is 0.253 e. The Hall–Kier alpha value is -1.35. The lowest BCUT2D eigenvalue weighted by Gasteiger charge is -2.26. The molecule has 0 atom stereocenters. The average molecular weight is 460 g/mol. The summed E-state index contributed by atoms with van der Waals surface area (Å²) in [4.78, 5) is 18.6. The molecular formula is C18H29IN4O2. The highest BCUT2D eigenvalue weighted by molar-refractivity contribution is 14.0. The minimum Gasteiger partial charge on any atom is -0.383 e. The summed E-state index contributed by atoms with van der Waals surface area (Å²) < 4.78 is 5.00. The number of likely N-dealkylation sites (tertiary alicyclic amines) is 1. The van der Waals surface area contributed by atoms with Crippen LogP contribution in [0.4, 0.5) is 0 Å². The Balaban J connectivity index is 0.00000312. The molecule has 0 unspecified atom stereocenters. The van der Waals surface area contributed by atoms with Crippen LogP contribution in [0, 0.1) is 0 Å². The van der Waals surface area contributed by atoms with Crippen LogP contribution < -0.4 is 10.6 Å². The van der Waals surface area contributed by atoms with Gasteiger partial charge >= 0.3 is 0 Å². The van der Waals surface area contributed by atoms with Crippen LogP contribution in [0.1, 0.15) is 35.2 Å². The maximum absolute atomic E-state index is 12.4. The van der Waals surface area contributed by atoms with Gasteiger partial charge in [-0.2, -0.15) is 0 Å². The van der Waals surface area contributed by atoms with E-state index in [0.717, 1.165) is 43.0 Å². The molecule has 1 fully saturated rings. The zero-order valence-corrected chi connectivity index (χ0v) is 17.4. The fraction of sp³-hybridized carbons (Fsp3) is 0.556. The van der Waals surface area contributed by atoms with E-state index in [2.05, 4.69) is 15.6 Å². The first kappa shape index (κ1) is 21.7. The van der Waals surface area contributed by atoms with E-state index >= 15 is 0 Å². The normalized spacial score (nSPS) is 14.6. The first-order valence-electron chi connectivity index (χ1n) is 8.56. The van der Waals surface area contributed by atoms with E-state index in [1.54, 1.807) is 14.2 Å². The second-order valence-electron chi connectivity index (χ2n) is 5.90. The molecule has 1 amide bonds. The standard InChI is InChI=1S/C18H28N4O2.HI/c1-19-18(20-10-13-24-2)21-14-15-6-8-16(9-7-15)17(23)22-11-4-3-5-12-22;/h6-9H,3-5,10-14H2,1-2H3,(H2,19,20,21);1H. The van der Waals surface area contributed by atoms with E-state index in [0.29, 0.717) is 19.7 Å². The third-order valence-electron chi connectivity index (χ3n) is 4.13. The van der Waals surface area contributed by atoms with Crippen molar-refractivity contribution < 1.29 is 9.53 Å². The second-order valence-corrected chi connectivity index (χ2v) is 5.90. The van der Waals surface area contributed by atoms with Crippen molar-refractivity contribution >= 4 is 35.8 Å². The van der Waals surface area contributed by atoms with Crippen LogP contribution in [-0.2, 0) is 11.3 Å². The van der Waals surface area contributed by atoms with Gasteiger partial charge in [0.05, 0.1) is 6.61 Å². The fourth-order valence-electron chi connectivity index (χ4n) is 2.72. The van der Waals surface area contributed by atoms with Crippen molar-refractivity contribution in [1.29, 1.82) is 0 Å². The van der Waals surface area contributed by atoms with Gasteiger partial charge in [0.1, 0.15) is 0 Å². The van der Waals surface area contributed by atoms with Gasteiger partial charge in [-0.25, -0.2) is 0 Å². The summed E-state index contributed by atoms with van der Waals surface area (Å²) in [6, 6.07) is 7.81. The van der Waals surface area contributed by atoms with Crippen LogP contribution in [0.15, 0.2) is 29.3 Å². The Morgan fingerprint density at radius 3 is 2.44 bits per heavy atom. The molecule has 0 saturated carbocycles. The van der Waals surface area contributed by atoms with Crippen LogP contribution in [0.3, 0.4) is 0 Å². The Morgan fingerprint density at radius 1 is 1.16 bits per heavy atom. The molecule has 0 aromatic heterocycles. The molecule has 140 valence electrons. The molecule has 0 radical (unpaired) electrons. The highest BCUT2D eigenvalue weighted by atomic mass is 127. The van der Waals surface area contributed by atoms with Crippen LogP contribution >= 0.6 is 24.0 Å². The number of aliphatic imine (C=N–C) groups is 1. The first-order valence-corrected chi connectivity index (χ1v) is 8.56. The van der Waals surface area contributed by atoms with Gasteiger partial charge in [0.15, 0.2) is 5.96 Å². The van der Waals surface area contributed by atoms with E-state index in [4.69, 9.17) is 4.74 Å². The van der Waals surface area contributed by atoms with Gasteiger partial charge in [-0.3, -0.25) is 9.79 Å². The third kappa shape index (κ3) is 7.19. The van der Waals surface area contributed by atoms with Crippen molar-refractivity contribution in [2.24, 2.45) is 4.99 Å². The molecule has 2 rings (SSSR count). The number of carbonyl (C=O) groups is 1. The van der Waals surface area contributed by atoms with Crippen LogP contribution in [0.2, 0.25) is 0 Å². The van der Waals surface area contributed by atoms with Gasteiger partial charge < -0.3 is 20.3 Å². The second kappa shape index (κ2) is 12.1. The van der Waals surface area contributed by atoms with Gasteiger partial charge in [-0.15, -0.1) is 24.0 Å². The van der Waals surface area contributed by atoms with Gasteiger partial charge in [-0.05, 0) is 37.0 Å². The summed E-state index contributed by atoms with van der Waals surface area (Å²) >= 11 is 0. The van der Waals surface area contributed by atoms with Crippen molar-refractivity contribution in [3.63, 3.8) is 0 Å². The quantitative estimate of drug-likeness (QED) is 0.296. The molecule has 2 N–H and O–H groups in total. The zero-order chi connectivity index (χ0) is 17.2. The summed E-state index contributed by atoms with van der Waals surface area (Å²) in [5, 5.41) is 6.41. The van der Waals surface area contributed by atoms with E-state index in [1.807, 2.05) is 29.2 Å². The molecule has 7 heteroatoms. The molecule has 1 saturated heterocycles. The molecule has 1 aromatic rings. The van der Waals surface area contributed by atoms with Crippen LogP contribution in [0.25, 0.3) is 0 Å². The van der Waals surface area contributed by atoms with Crippen molar-refractivity contribution in [2.45, 2.75) is 25.8 Å². The molecule has 1 heterocycles. The fourth-order valence-corrected chi connectivity index (χ4v) is 2.72. The Labute approximate surface area is 167 Å². The Kier molecular flexibility index (Phi) is 10.5. The largest absolute Gasteiger partial charge is 0.383 e. The molecular weight excluding hydrogens is 431 g/mol. The van der Waals surface area contributed by atoms with E-state index in [9.17, 15) is 4.79 Å². The lowest BCUT2D eigenvalue weighted by molar-refractivity contribution is 0.0724. The number of methoxy groups -OCH3 is 1. The molecule has 0 aliphatic carbocycles. The summed E-state index contributed by atoms with van der Waals surface area (Å²) in [7, 11) is 3.41. The summed E-state index contributed by atoms with van der Waals surface area (Å²) in [6.45, 7) is 3.76. The van der Waals surface area contributed by atoms with Crippen LogP contribution in [-0.4, -0.2) is 57.2 Å². The first-order chi connectivity index (χ1) is 11.7. The predicted molar refractivity (Wildman–Crippen MR) is 112 cm³/mol. The van der Waals surface area contributed by atoms with Crippen molar-refractivity contribution in [1.82, 2.24) is 15.5 Å². The van der Waals surface area contributed by atoms with Gasteiger partial charge in [0.25, 0.3) is 5.91 Å². The number of ether oxygens (including phenoxy) is 1. The zero-order valence-electron chi connectivity index (χ0n) is 15.1. The SMILES string of the molecule is CN=C(NCCOC)NCc1ccc(C(=O)N2CCCCC2)cc1.I. The highest BCUT2D eigenvalue weighted by Gasteiger charge is 2.17. The van der Waals surface area contributed by atoms with Crippen LogP contribution in [0.5, 0.6) is 0 Å². The number of piperidine rings is 1. The third-order valence-corrected chi connectivity index (χ3v) is 4.13. The van der Waals surface area contributed by atoms with Crippen molar-refractivity contribution in [3.05, 3.63) is 35.4 Å². The summed E-state index contributed by atoms with van der Waals surface area (Å²) in [5.74, 6) is 0.881. The number of amides is 1. The molecule has 0 bridgehead atoms. The lowest BCUT2D eigenvalue weighted by atomic mass is 10.1. The van der Waals surface area contributed by atoms with Gasteiger partial charge in [0, 0.05) is 45.9 Å². The number of benzene rings is 1. The summed E-state index contributed by atoms with van der Waals surface area (Å²) in [6.07, 6.45) is 3.46. The number of rotatable bonds is 6. The topological polar surface area (TPSA) is 66.0 Å². The van der Waals surface area contributed by atoms with E-state index < -0.39 is 0 Å². The van der Waals surface area contributed by atoms with Gasteiger partial charge in [0.2, 0.25) is 0 Å². The molecule has 6 nitrogen and oxygen atoms in total. The van der Waals surface area contributed by atoms with Crippen molar-refractivity contribution in [2.75, 3.05) is 40.4 Å². The van der Waals surface area contributed by atoms with E-state index in [1.165, 1.54) is 6.42 Å².